The summed E-state index contributed by atoms with van der Waals surface area (Å²) in [6.07, 6.45) is 0. The molecule has 0 atom stereocenters. The fourth-order valence-electron chi connectivity index (χ4n) is 2.65. The number of nitrogens with one attached hydrogen (secondary N) is 3. The molecule has 3 rings (SSSR count). The van der Waals surface area contributed by atoms with Gasteiger partial charge >= 0.3 is 0 Å². The van der Waals surface area contributed by atoms with Crippen LogP contribution in [0.3, 0.4) is 0 Å². The molecular formula is C20H23N5O2S. The maximum atomic E-state index is 12.3. The highest BCUT2D eigenvalue weighted by molar-refractivity contribution is 7.91. The van der Waals surface area contributed by atoms with Gasteiger partial charge in [0, 0.05) is 29.7 Å². The molecule has 0 spiro atoms. The molecule has 1 heterocycles. The summed E-state index contributed by atoms with van der Waals surface area (Å²) >= 11 is 0. The van der Waals surface area contributed by atoms with Gasteiger partial charge in [-0.25, -0.2) is 13.4 Å². The van der Waals surface area contributed by atoms with Gasteiger partial charge in [-0.15, -0.1) is 0 Å². The Labute approximate surface area is 165 Å². The lowest BCUT2D eigenvalue weighted by Gasteiger charge is -2.11. The van der Waals surface area contributed by atoms with Crippen molar-refractivity contribution < 1.29 is 8.42 Å². The standard InChI is InChI=1S/C20H23N5O2S/c1-3-21-20-22-15(2)13-19(24-20)23-17-9-11-18(12-10-17)25-28(26,27)14-16-7-5-4-6-8-16/h4-13,25H,3,14H2,1-2H3,(H2,21,22,23,24). The second-order valence-electron chi connectivity index (χ2n) is 6.30. The third kappa shape index (κ3) is 5.68. The van der Waals surface area contributed by atoms with Gasteiger partial charge in [-0.2, -0.15) is 4.98 Å². The molecule has 0 fully saturated rings. The molecule has 1 aromatic heterocycles. The Kier molecular flexibility index (Phi) is 6.10. The van der Waals surface area contributed by atoms with Crippen LogP contribution in [-0.2, 0) is 15.8 Å². The average molecular weight is 398 g/mol. The summed E-state index contributed by atoms with van der Waals surface area (Å²) in [6, 6.07) is 17.9. The first kappa shape index (κ1) is 19.6. The van der Waals surface area contributed by atoms with E-state index in [1.54, 1.807) is 36.4 Å². The van der Waals surface area contributed by atoms with Gasteiger partial charge in [-0.3, -0.25) is 4.72 Å². The van der Waals surface area contributed by atoms with Gasteiger partial charge in [-0.1, -0.05) is 30.3 Å². The van der Waals surface area contributed by atoms with E-state index in [1.165, 1.54) is 0 Å². The minimum Gasteiger partial charge on any atom is -0.354 e. The second-order valence-corrected chi connectivity index (χ2v) is 8.02. The maximum absolute atomic E-state index is 12.3. The molecule has 0 amide bonds. The summed E-state index contributed by atoms with van der Waals surface area (Å²) in [5.74, 6) is 1.16. The maximum Gasteiger partial charge on any atom is 0.236 e. The molecule has 3 aromatic rings. The number of hydrogen-bond acceptors (Lipinski definition) is 6. The van der Waals surface area contributed by atoms with Crippen molar-refractivity contribution in [1.29, 1.82) is 0 Å². The summed E-state index contributed by atoms with van der Waals surface area (Å²) < 4.78 is 27.3. The smallest absolute Gasteiger partial charge is 0.236 e. The Hall–Kier alpha value is -3.13. The zero-order chi connectivity index (χ0) is 20.0. The Morgan fingerprint density at radius 2 is 1.61 bits per heavy atom. The van der Waals surface area contributed by atoms with Crippen LogP contribution in [0, 0.1) is 6.92 Å². The van der Waals surface area contributed by atoms with Gasteiger partial charge in [0.05, 0.1) is 5.75 Å². The van der Waals surface area contributed by atoms with Crippen LogP contribution in [0.15, 0.2) is 60.7 Å². The SMILES string of the molecule is CCNc1nc(C)cc(Nc2ccc(NS(=O)(=O)Cc3ccccc3)cc2)n1. The largest absolute Gasteiger partial charge is 0.354 e. The highest BCUT2D eigenvalue weighted by Crippen LogP contribution is 2.20. The molecule has 7 nitrogen and oxygen atoms in total. The minimum absolute atomic E-state index is 0.0682. The van der Waals surface area contributed by atoms with E-state index in [0.29, 0.717) is 17.5 Å². The number of aromatic nitrogens is 2. The molecule has 0 aliphatic carbocycles. The summed E-state index contributed by atoms with van der Waals surface area (Å²) in [4.78, 5) is 8.72. The highest BCUT2D eigenvalue weighted by atomic mass is 32.2. The third-order valence-electron chi connectivity index (χ3n) is 3.82. The fraction of sp³-hybridized carbons (Fsp3) is 0.200. The van der Waals surface area contributed by atoms with E-state index >= 15 is 0 Å². The molecule has 0 saturated carbocycles. The topological polar surface area (TPSA) is 96.0 Å². The Morgan fingerprint density at radius 1 is 0.929 bits per heavy atom. The number of hydrogen-bond donors (Lipinski definition) is 3. The van der Waals surface area contributed by atoms with E-state index < -0.39 is 10.0 Å². The highest BCUT2D eigenvalue weighted by Gasteiger charge is 2.11. The zero-order valence-corrected chi connectivity index (χ0v) is 16.6. The van der Waals surface area contributed by atoms with Crippen LogP contribution >= 0.6 is 0 Å². The van der Waals surface area contributed by atoms with Gasteiger partial charge in [0.2, 0.25) is 16.0 Å². The van der Waals surface area contributed by atoms with Gasteiger partial charge in [0.1, 0.15) is 5.82 Å². The molecule has 28 heavy (non-hydrogen) atoms. The van der Waals surface area contributed by atoms with Gasteiger partial charge in [-0.05, 0) is 43.7 Å². The van der Waals surface area contributed by atoms with E-state index in [-0.39, 0.29) is 5.75 Å². The van der Waals surface area contributed by atoms with E-state index in [1.807, 2.05) is 38.1 Å². The number of benzene rings is 2. The third-order valence-corrected chi connectivity index (χ3v) is 5.08. The van der Waals surface area contributed by atoms with Crippen LogP contribution in [0.5, 0.6) is 0 Å². The summed E-state index contributed by atoms with van der Waals surface area (Å²) in [5, 5.41) is 6.30. The van der Waals surface area contributed by atoms with Crippen molar-refractivity contribution in [3.63, 3.8) is 0 Å². The minimum atomic E-state index is -3.48. The van der Waals surface area contributed by atoms with Crippen molar-refractivity contribution in [2.45, 2.75) is 19.6 Å². The average Bonchev–Trinajstić information content (AvgIpc) is 2.63. The van der Waals surface area contributed by atoms with Crippen molar-refractivity contribution in [2.24, 2.45) is 0 Å². The zero-order valence-electron chi connectivity index (χ0n) is 15.8. The second kappa shape index (κ2) is 8.71. The molecule has 3 N–H and O–H groups in total. The van der Waals surface area contributed by atoms with Crippen molar-refractivity contribution >= 4 is 33.2 Å². The summed E-state index contributed by atoms with van der Waals surface area (Å²) in [7, 11) is -3.48. The molecule has 2 aromatic carbocycles. The van der Waals surface area contributed by atoms with Gasteiger partial charge < -0.3 is 10.6 Å². The van der Waals surface area contributed by atoms with E-state index in [0.717, 1.165) is 23.5 Å². The van der Waals surface area contributed by atoms with Crippen LogP contribution in [-0.4, -0.2) is 24.9 Å². The van der Waals surface area contributed by atoms with Crippen molar-refractivity contribution in [3.05, 3.63) is 71.9 Å². The van der Waals surface area contributed by atoms with Crippen molar-refractivity contribution in [3.8, 4) is 0 Å². The number of rotatable bonds is 8. The predicted octanol–water partition coefficient (Wildman–Crippen LogP) is 3.90. The molecular weight excluding hydrogens is 374 g/mol. The van der Waals surface area contributed by atoms with Gasteiger partial charge in [0.25, 0.3) is 0 Å². The molecule has 0 radical (unpaired) electrons. The number of sulfonamides is 1. The number of anilines is 4. The summed E-state index contributed by atoms with van der Waals surface area (Å²) in [5.41, 5.74) is 2.89. The first-order chi connectivity index (χ1) is 13.4. The Balaban J connectivity index is 1.67. The molecule has 0 saturated heterocycles. The van der Waals surface area contributed by atoms with Crippen LogP contribution < -0.4 is 15.4 Å². The quantitative estimate of drug-likeness (QED) is 0.533. The normalized spacial score (nSPS) is 11.1. The van der Waals surface area contributed by atoms with Crippen molar-refractivity contribution in [1.82, 2.24) is 9.97 Å². The predicted molar refractivity (Wildman–Crippen MR) is 113 cm³/mol. The van der Waals surface area contributed by atoms with Crippen molar-refractivity contribution in [2.75, 3.05) is 21.9 Å². The van der Waals surface area contributed by atoms with E-state index in [9.17, 15) is 8.42 Å². The first-order valence-corrected chi connectivity index (χ1v) is 10.6. The monoisotopic (exact) mass is 397 g/mol. The number of aryl methyl sites for hydroxylation is 1. The molecule has 0 aliphatic heterocycles. The van der Waals surface area contributed by atoms with E-state index in [2.05, 4.69) is 25.3 Å². The lowest BCUT2D eigenvalue weighted by atomic mass is 10.2. The van der Waals surface area contributed by atoms with Crippen LogP contribution in [0.4, 0.5) is 23.1 Å². The van der Waals surface area contributed by atoms with Crippen LogP contribution in [0.2, 0.25) is 0 Å². The van der Waals surface area contributed by atoms with Crippen LogP contribution in [0.25, 0.3) is 0 Å². The first-order valence-electron chi connectivity index (χ1n) is 8.94. The lowest BCUT2D eigenvalue weighted by Crippen LogP contribution is -2.15. The Bertz CT molecular complexity index is 1020. The summed E-state index contributed by atoms with van der Waals surface area (Å²) in [6.45, 7) is 4.62. The molecule has 0 unspecified atom stereocenters. The lowest BCUT2D eigenvalue weighted by molar-refractivity contribution is 0.600. The molecule has 8 heteroatoms. The fourth-order valence-corrected chi connectivity index (χ4v) is 3.85. The van der Waals surface area contributed by atoms with E-state index in [4.69, 9.17) is 0 Å². The van der Waals surface area contributed by atoms with Crippen LogP contribution in [0.1, 0.15) is 18.2 Å². The molecule has 146 valence electrons. The molecule has 0 aliphatic rings. The van der Waals surface area contributed by atoms with Gasteiger partial charge in [0.15, 0.2) is 0 Å². The Morgan fingerprint density at radius 3 is 2.29 bits per heavy atom. The molecule has 0 bridgehead atoms. The number of nitrogens with zero attached hydrogens (tertiary/aromatic N) is 2.